The third-order valence-electron chi connectivity index (χ3n) is 2.72. The molecule has 1 atom stereocenters. The van der Waals surface area contributed by atoms with Crippen molar-refractivity contribution in [3.63, 3.8) is 0 Å². The van der Waals surface area contributed by atoms with Gasteiger partial charge in [-0.1, -0.05) is 12.8 Å². The van der Waals surface area contributed by atoms with Crippen molar-refractivity contribution in [3.8, 4) is 0 Å². The van der Waals surface area contributed by atoms with Crippen molar-refractivity contribution in [2.45, 2.75) is 38.7 Å². The molecule has 1 fully saturated rings. The molecular formula is C8H14O3. The van der Waals surface area contributed by atoms with Crippen LogP contribution in [0.4, 0.5) is 0 Å². The first-order chi connectivity index (χ1) is 5.09. The Morgan fingerprint density at radius 2 is 1.91 bits per heavy atom. The standard InChI is InChI=1S/C8H14O3/c1-6(9)8(7(10)11)4-2-3-5-8/h6,9H,2-5H2,1H3,(H,10,11). The van der Waals surface area contributed by atoms with Crippen LogP contribution in [-0.2, 0) is 4.79 Å². The molecule has 0 aromatic rings. The first-order valence-electron chi connectivity index (χ1n) is 4.01. The molecule has 0 aromatic heterocycles. The zero-order chi connectivity index (χ0) is 8.48. The Morgan fingerprint density at radius 3 is 2.09 bits per heavy atom. The highest BCUT2D eigenvalue weighted by atomic mass is 16.4. The van der Waals surface area contributed by atoms with Crippen molar-refractivity contribution in [1.82, 2.24) is 0 Å². The zero-order valence-electron chi connectivity index (χ0n) is 6.71. The van der Waals surface area contributed by atoms with Gasteiger partial charge in [0.15, 0.2) is 0 Å². The number of aliphatic hydroxyl groups excluding tert-OH is 1. The molecular weight excluding hydrogens is 144 g/mol. The van der Waals surface area contributed by atoms with E-state index in [0.29, 0.717) is 12.8 Å². The monoisotopic (exact) mass is 158 g/mol. The van der Waals surface area contributed by atoms with E-state index in [2.05, 4.69) is 0 Å². The van der Waals surface area contributed by atoms with E-state index in [1.54, 1.807) is 6.92 Å². The molecule has 0 heterocycles. The van der Waals surface area contributed by atoms with Gasteiger partial charge in [-0.2, -0.15) is 0 Å². The fraction of sp³-hybridized carbons (Fsp3) is 0.875. The Hall–Kier alpha value is -0.570. The summed E-state index contributed by atoms with van der Waals surface area (Å²) in [5.74, 6) is -0.843. The molecule has 0 radical (unpaired) electrons. The number of aliphatic hydroxyl groups is 1. The molecule has 0 amide bonds. The summed E-state index contributed by atoms with van der Waals surface area (Å²) >= 11 is 0. The summed E-state index contributed by atoms with van der Waals surface area (Å²) < 4.78 is 0. The van der Waals surface area contributed by atoms with Crippen LogP contribution in [0, 0.1) is 5.41 Å². The molecule has 0 bridgehead atoms. The Bertz CT molecular complexity index is 157. The summed E-state index contributed by atoms with van der Waals surface area (Å²) in [6, 6.07) is 0. The minimum atomic E-state index is -0.843. The molecule has 1 saturated carbocycles. The van der Waals surface area contributed by atoms with Crippen LogP contribution in [0.15, 0.2) is 0 Å². The zero-order valence-corrected chi connectivity index (χ0v) is 6.71. The van der Waals surface area contributed by atoms with Crippen molar-refractivity contribution in [3.05, 3.63) is 0 Å². The predicted molar refractivity (Wildman–Crippen MR) is 40.2 cm³/mol. The van der Waals surface area contributed by atoms with E-state index in [-0.39, 0.29) is 0 Å². The smallest absolute Gasteiger partial charge is 0.312 e. The first-order valence-corrected chi connectivity index (χ1v) is 4.01. The van der Waals surface area contributed by atoms with E-state index in [0.717, 1.165) is 12.8 Å². The highest BCUT2D eigenvalue weighted by Gasteiger charge is 2.45. The van der Waals surface area contributed by atoms with Gasteiger partial charge >= 0.3 is 5.97 Å². The summed E-state index contributed by atoms with van der Waals surface area (Å²) in [5, 5.41) is 18.2. The number of carboxylic acids is 1. The van der Waals surface area contributed by atoms with E-state index in [4.69, 9.17) is 5.11 Å². The number of rotatable bonds is 2. The van der Waals surface area contributed by atoms with Gasteiger partial charge in [0.25, 0.3) is 0 Å². The lowest BCUT2D eigenvalue weighted by Crippen LogP contribution is -2.38. The third-order valence-corrected chi connectivity index (χ3v) is 2.72. The molecule has 0 aromatic carbocycles. The van der Waals surface area contributed by atoms with E-state index in [1.165, 1.54) is 0 Å². The SMILES string of the molecule is CC(O)C1(C(=O)O)CCCC1. The van der Waals surface area contributed by atoms with Gasteiger partial charge in [0.2, 0.25) is 0 Å². The van der Waals surface area contributed by atoms with Crippen molar-refractivity contribution in [2.24, 2.45) is 5.41 Å². The number of hydrogen-bond donors (Lipinski definition) is 2. The largest absolute Gasteiger partial charge is 0.481 e. The Balaban J connectivity index is 2.79. The van der Waals surface area contributed by atoms with Gasteiger partial charge in [0.05, 0.1) is 11.5 Å². The first kappa shape index (κ1) is 8.53. The maximum absolute atomic E-state index is 10.8. The second-order valence-corrected chi connectivity index (χ2v) is 3.34. The lowest BCUT2D eigenvalue weighted by atomic mass is 9.81. The highest BCUT2D eigenvalue weighted by molar-refractivity contribution is 5.75. The minimum absolute atomic E-state index is 0.625. The van der Waals surface area contributed by atoms with Gasteiger partial charge in [-0.3, -0.25) is 4.79 Å². The van der Waals surface area contributed by atoms with Crippen LogP contribution >= 0.6 is 0 Å². The molecule has 2 N–H and O–H groups in total. The van der Waals surface area contributed by atoms with Crippen LogP contribution in [0.25, 0.3) is 0 Å². The minimum Gasteiger partial charge on any atom is -0.481 e. The van der Waals surface area contributed by atoms with Gasteiger partial charge in [0, 0.05) is 0 Å². The summed E-state index contributed by atoms with van der Waals surface area (Å²) in [5.41, 5.74) is -0.833. The van der Waals surface area contributed by atoms with Crippen molar-refractivity contribution in [2.75, 3.05) is 0 Å². The second kappa shape index (κ2) is 2.81. The number of carboxylic acid groups (broad SMARTS) is 1. The fourth-order valence-electron chi connectivity index (χ4n) is 1.82. The van der Waals surface area contributed by atoms with Gasteiger partial charge in [-0.25, -0.2) is 0 Å². The van der Waals surface area contributed by atoms with Crippen molar-refractivity contribution >= 4 is 5.97 Å². The maximum atomic E-state index is 10.8. The van der Waals surface area contributed by atoms with Crippen LogP contribution in [0.5, 0.6) is 0 Å². The van der Waals surface area contributed by atoms with Gasteiger partial charge < -0.3 is 10.2 Å². The van der Waals surface area contributed by atoms with E-state index in [1.807, 2.05) is 0 Å². The van der Waals surface area contributed by atoms with Gasteiger partial charge in [-0.05, 0) is 19.8 Å². The molecule has 1 rings (SSSR count). The van der Waals surface area contributed by atoms with E-state index >= 15 is 0 Å². The molecule has 64 valence electrons. The van der Waals surface area contributed by atoms with Gasteiger partial charge in [-0.15, -0.1) is 0 Å². The molecule has 0 aliphatic heterocycles. The Kier molecular flexibility index (Phi) is 2.18. The normalized spacial score (nSPS) is 24.9. The molecule has 1 unspecified atom stereocenters. The van der Waals surface area contributed by atoms with Gasteiger partial charge in [0.1, 0.15) is 0 Å². The Labute approximate surface area is 66.0 Å². The fourth-order valence-corrected chi connectivity index (χ4v) is 1.82. The summed E-state index contributed by atoms with van der Waals surface area (Å²) in [7, 11) is 0. The number of hydrogen-bond acceptors (Lipinski definition) is 2. The van der Waals surface area contributed by atoms with Crippen LogP contribution in [0.3, 0.4) is 0 Å². The molecule has 0 saturated heterocycles. The summed E-state index contributed by atoms with van der Waals surface area (Å²) in [4.78, 5) is 10.8. The average Bonchev–Trinajstić information content (AvgIpc) is 2.34. The van der Waals surface area contributed by atoms with Crippen LogP contribution < -0.4 is 0 Å². The van der Waals surface area contributed by atoms with Crippen molar-refractivity contribution in [1.29, 1.82) is 0 Å². The topological polar surface area (TPSA) is 57.5 Å². The summed E-state index contributed by atoms with van der Waals surface area (Å²) in [6.45, 7) is 1.57. The highest BCUT2D eigenvalue weighted by Crippen LogP contribution is 2.41. The lowest BCUT2D eigenvalue weighted by molar-refractivity contribution is -0.155. The van der Waals surface area contributed by atoms with Crippen LogP contribution in [-0.4, -0.2) is 22.3 Å². The van der Waals surface area contributed by atoms with Crippen LogP contribution in [0.2, 0.25) is 0 Å². The lowest BCUT2D eigenvalue weighted by Gasteiger charge is -2.26. The quantitative estimate of drug-likeness (QED) is 0.630. The molecule has 11 heavy (non-hydrogen) atoms. The second-order valence-electron chi connectivity index (χ2n) is 3.34. The number of aliphatic carboxylic acids is 1. The Morgan fingerprint density at radius 1 is 1.45 bits per heavy atom. The summed E-state index contributed by atoms with van der Waals surface area (Å²) in [6.07, 6.45) is 2.39. The molecule has 1 aliphatic rings. The van der Waals surface area contributed by atoms with E-state index < -0.39 is 17.5 Å². The van der Waals surface area contributed by atoms with Crippen LogP contribution in [0.1, 0.15) is 32.6 Å². The molecule has 1 aliphatic carbocycles. The average molecular weight is 158 g/mol. The predicted octanol–water partition coefficient (Wildman–Crippen LogP) is 1.01. The molecule has 3 nitrogen and oxygen atoms in total. The maximum Gasteiger partial charge on any atom is 0.312 e. The molecule has 0 spiro atoms. The number of carbonyl (C=O) groups is 1. The third kappa shape index (κ3) is 1.25. The molecule has 3 heteroatoms. The van der Waals surface area contributed by atoms with E-state index in [9.17, 15) is 9.90 Å². The van der Waals surface area contributed by atoms with Crippen molar-refractivity contribution < 1.29 is 15.0 Å².